The first-order valence-corrected chi connectivity index (χ1v) is 12.8. The molecule has 2 aromatic heterocycles. The molecule has 244 valence electrons. The molecule has 0 saturated heterocycles. The predicted molar refractivity (Wildman–Crippen MR) is 146 cm³/mol. The third-order valence-corrected chi connectivity index (χ3v) is 5.32. The Kier molecular flexibility index (Phi) is 17.7. The minimum Gasteiger partial charge on any atom is -0.394 e. The number of aliphatic hydroxyl groups is 8. The maximum absolute atomic E-state index is 11.8. The Balaban J connectivity index is 0.000000440. The predicted octanol–water partition coefficient (Wildman–Crippen LogP) is -6.71. The van der Waals surface area contributed by atoms with Crippen molar-refractivity contribution in [2.45, 2.75) is 24.2 Å². The Labute approximate surface area is 249 Å². The van der Waals surface area contributed by atoms with E-state index in [0.717, 1.165) is 24.8 Å². The zero-order valence-corrected chi connectivity index (χ0v) is 23.3. The molecule has 0 atom stereocenters. The summed E-state index contributed by atoms with van der Waals surface area (Å²) >= 11 is 0. The van der Waals surface area contributed by atoms with Crippen LogP contribution in [0.25, 0.3) is 0 Å². The summed E-state index contributed by atoms with van der Waals surface area (Å²) in [6.07, 6.45) is 4.35. The molecular formula is C24H36N8O12. The molecule has 2 rings (SSSR count). The van der Waals surface area contributed by atoms with E-state index < -0.39 is 101 Å². The lowest BCUT2D eigenvalue weighted by Crippen LogP contribution is -2.42. The van der Waals surface area contributed by atoms with Gasteiger partial charge in [0.1, 0.15) is 22.8 Å². The van der Waals surface area contributed by atoms with E-state index in [1.54, 1.807) is 0 Å². The molecule has 0 aromatic carbocycles. The van der Waals surface area contributed by atoms with Crippen LogP contribution >= 0.6 is 0 Å². The molecule has 44 heavy (non-hydrogen) atoms. The van der Waals surface area contributed by atoms with Gasteiger partial charge in [0.2, 0.25) is 0 Å². The number of hydrogen-bond acceptors (Lipinski definition) is 16. The van der Waals surface area contributed by atoms with Crippen LogP contribution in [0.5, 0.6) is 0 Å². The molecule has 20 nitrogen and oxygen atoms in total. The first-order valence-electron chi connectivity index (χ1n) is 12.8. The SMILES string of the molecule is O=C(NC(CO)CO)c1cnc(C(=O)NC(CO)CO)cn1.O=C(NC(CO)CO)c1cncc(C(=O)NC(CO)CO)n1. The van der Waals surface area contributed by atoms with E-state index in [2.05, 4.69) is 41.2 Å². The van der Waals surface area contributed by atoms with Crippen LogP contribution in [-0.4, -0.2) is 161 Å². The first-order chi connectivity index (χ1) is 21.1. The van der Waals surface area contributed by atoms with Gasteiger partial charge in [-0.2, -0.15) is 0 Å². The van der Waals surface area contributed by atoms with E-state index >= 15 is 0 Å². The van der Waals surface area contributed by atoms with Gasteiger partial charge in [-0.1, -0.05) is 0 Å². The van der Waals surface area contributed by atoms with Gasteiger partial charge in [-0.25, -0.2) is 15.0 Å². The molecule has 0 bridgehead atoms. The first kappa shape index (κ1) is 37.7. The van der Waals surface area contributed by atoms with Crippen LogP contribution in [0.15, 0.2) is 24.8 Å². The van der Waals surface area contributed by atoms with E-state index in [0.29, 0.717) is 0 Å². The Morgan fingerprint density at radius 1 is 0.455 bits per heavy atom. The van der Waals surface area contributed by atoms with Gasteiger partial charge in [-0.15, -0.1) is 0 Å². The molecule has 4 amide bonds. The summed E-state index contributed by atoms with van der Waals surface area (Å²) in [5.41, 5.74) is -0.540. The van der Waals surface area contributed by atoms with Crippen molar-refractivity contribution in [3.05, 3.63) is 47.6 Å². The zero-order chi connectivity index (χ0) is 33.1. The third kappa shape index (κ3) is 12.5. The molecular weight excluding hydrogens is 592 g/mol. The number of hydrogen-bond donors (Lipinski definition) is 12. The highest BCUT2D eigenvalue weighted by molar-refractivity contribution is 5.96. The van der Waals surface area contributed by atoms with Gasteiger partial charge in [-0.05, 0) is 0 Å². The number of nitrogens with zero attached hydrogens (tertiary/aromatic N) is 4. The van der Waals surface area contributed by atoms with E-state index in [4.69, 9.17) is 40.9 Å². The van der Waals surface area contributed by atoms with Crippen LogP contribution in [0.1, 0.15) is 42.0 Å². The number of carbonyl (C=O) groups excluding carboxylic acids is 4. The Morgan fingerprint density at radius 2 is 0.705 bits per heavy atom. The average molecular weight is 629 g/mol. The lowest BCUT2D eigenvalue weighted by Gasteiger charge is -2.14. The van der Waals surface area contributed by atoms with Crippen LogP contribution in [-0.2, 0) is 0 Å². The summed E-state index contributed by atoms with van der Waals surface area (Å²) in [6, 6.07) is -3.32. The van der Waals surface area contributed by atoms with E-state index in [1.165, 1.54) is 0 Å². The standard InChI is InChI=1S/2C12H18N4O6/c17-3-7(4-18)15-11(21)9-1-13-10(2-14-9)12(22)16-8(5-19)6-20;17-3-7(4-18)14-11(21)9-1-13-2-10(16-9)12(22)15-8(5-19)6-20/h1-2,7-8,17-20H,3-6H2,(H,15,21)(H,16,22);1-2,7-8,17-20H,3-6H2,(H,14,21)(H,15,22). The number of aliphatic hydroxyl groups excluding tert-OH is 8. The van der Waals surface area contributed by atoms with Gasteiger partial charge in [0.15, 0.2) is 0 Å². The normalized spacial score (nSPS) is 10.8. The Morgan fingerprint density at radius 3 is 0.932 bits per heavy atom. The monoisotopic (exact) mass is 628 g/mol. The van der Waals surface area contributed by atoms with Crippen molar-refractivity contribution < 1.29 is 60.0 Å². The summed E-state index contributed by atoms with van der Waals surface area (Å²) in [6.45, 7) is -3.54. The Hall–Kier alpha value is -4.28. The van der Waals surface area contributed by atoms with Crippen molar-refractivity contribution in [2.24, 2.45) is 0 Å². The fourth-order valence-corrected chi connectivity index (χ4v) is 2.78. The van der Waals surface area contributed by atoms with Crippen LogP contribution < -0.4 is 21.3 Å². The molecule has 0 radical (unpaired) electrons. The number of amides is 4. The minimum atomic E-state index is -0.847. The second-order valence-electron chi connectivity index (χ2n) is 8.72. The van der Waals surface area contributed by atoms with Crippen LogP contribution in [0, 0.1) is 0 Å². The molecule has 0 aliphatic carbocycles. The molecule has 2 heterocycles. The molecule has 0 aliphatic rings. The molecule has 0 unspecified atom stereocenters. The Bertz CT molecular complexity index is 1090. The summed E-state index contributed by atoms with van der Waals surface area (Å²) in [5, 5.41) is 80.3. The van der Waals surface area contributed by atoms with Gasteiger partial charge >= 0.3 is 0 Å². The maximum Gasteiger partial charge on any atom is 0.271 e. The van der Waals surface area contributed by atoms with E-state index in [-0.39, 0.29) is 22.8 Å². The van der Waals surface area contributed by atoms with Gasteiger partial charge in [0.25, 0.3) is 23.6 Å². The van der Waals surface area contributed by atoms with Crippen molar-refractivity contribution in [3.63, 3.8) is 0 Å². The van der Waals surface area contributed by atoms with Gasteiger partial charge in [0.05, 0.1) is 102 Å². The summed E-state index contributed by atoms with van der Waals surface area (Å²) in [4.78, 5) is 62.1. The smallest absolute Gasteiger partial charge is 0.271 e. The molecule has 20 heteroatoms. The van der Waals surface area contributed by atoms with Crippen LogP contribution in [0.3, 0.4) is 0 Å². The largest absolute Gasteiger partial charge is 0.394 e. The van der Waals surface area contributed by atoms with Crippen molar-refractivity contribution in [1.29, 1.82) is 0 Å². The summed E-state index contributed by atoms with van der Waals surface area (Å²) in [5.74, 6) is -2.74. The molecule has 0 aliphatic heterocycles. The fraction of sp³-hybridized carbons (Fsp3) is 0.500. The quantitative estimate of drug-likeness (QED) is 0.0821. The summed E-state index contributed by atoms with van der Waals surface area (Å²) < 4.78 is 0. The van der Waals surface area contributed by atoms with Crippen molar-refractivity contribution in [3.8, 4) is 0 Å². The molecule has 0 spiro atoms. The zero-order valence-electron chi connectivity index (χ0n) is 23.3. The highest BCUT2D eigenvalue weighted by atomic mass is 16.3. The van der Waals surface area contributed by atoms with Crippen molar-refractivity contribution in [1.82, 2.24) is 41.2 Å². The molecule has 2 aromatic rings. The van der Waals surface area contributed by atoms with E-state index in [9.17, 15) is 19.2 Å². The fourth-order valence-electron chi connectivity index (χ4n) is 2.78. The third-order valence-electron chi connectivity index (χ3n) is 5.32. The van der Waals surface area contributed by atoms with Gasteiger partial charge < -0.3 is 62.1 Å². The number of rotatable bonds is 16. The second-order valence-corrected chi connectivity index (χ2v) is 8.72. The van der Waals surface area contributed by atoms with Gasteiger partial charge in [-0.3, -0.25) is 24.2 Å². The van der Waals surface area contributed by atoms with Crippen LogP contribution in [0.2, 0.25) is 0 Å². The topological polar surface area (TPSA) is 330 Å². The van der Waals surface area contributed by atoms with Crippen molar-refractivity contribution >= 4 is 23.6 Å². The average Bonchev–Trinajstić information content (AvgIpc) is 3.07. The lowest BCUT2D eigenvalue weighted by atomic mass is 10.3. The number of nitrogens with one attached hydrogen (secondary N) is 4. The minimum absolute atomic E-state index is 0.0932. The molecule has 0 saturated carbocycles. The lowest BCUT2D eigenvalue weighted by molar-refractivity contribution is 0.0861. The second kappa shape index (κ2) is 20.6. The number of carbonyl (C=O) groups is 4. The van der Waals surface area contributed by atoms with E-state index in [1.807, 2.05) is 0 Å². The molecule has 12 N–H and O–H groups in total. The maximum atomic E-state index is 11.8. The molecule has 0 fully saturated rings. The van der Waals surface area contributed by atoms with Gasteiger partial charge in [0, 0.05) is 0 Å². The van der Waals surface area contributed by atoms with Crippen molar-refractivity contribution in [2.75, 3.05) is 52.9 Å². The number of aromatic nitrogens is 4. The highest BCUT2D eigenvalue weighted by Crippen LogP contribution is 2.00. The summed E-state index contributed by atoms with van der Waals surface area (Å²) in [7, 11) is 0. The highest BCUT2D eigenvalue weighted by Gasteiger charge is 2.19. The van der Waals surface area contributed by atoms with Crippen LogP contribution in [0.4, 0.5) is 0 Å².